The van der Waals surface area contributed by atoms with E-state index in [0.29, 0.717) is 36.5 Å². The zero-order valence-electron chi connectivity index (χ0n) is 18.2. The average Bonchev–Trinajstić information content (AvgIpc) is 3.34. The minimum Gasteiger partial charge on any atom is -0.391 e. The largest absolute Gasteiger partial charge is 0.391 e. The highest BCUT2D eigenvalue weighted by Crippen LogP contribution is 2.66. The predicted octanol–water partition coefficient (Wildman–Crippen LogP) is 5.09. The molecule has 0 aromatic carbocycles. The third kappa shape index (κ3) is 3.08. The minimum absolute atomic E-state index is 0.102. The molecule has 4 aliphatic carbocycles. The number of nitrogens with one attached hydrogen (secondary N) is 1. The Morgan fingerprint density at radius 2 is 1.93 bits per heavy atom. The summed E-state index contributed by atoms with van der Waals surface area (Å²) >= 11 is 0. The highest BCUT2D eigenvalue weighted by atomic mass is 19.3. The molecule has 4 nitrogen and oxygen atoms in total. The summed E-state index contributed by atoms with van der Waals surface area (Å²) in [5.74, 6) is 1.12. The topological polar surface area (TPSA) is 50.7 Å². The van der Waals surface area contributed by atoms with Crippen molar-refractivity contribution in [2.45, 2.75) is 77.7 Å². The number of nitrogens with zero attached hydrogens (tertiary/aromatic N) is 1. The number of carbonyl (C=O) groups is 1. The molecule has 7 atom stereocenters. The Morgan fingerprint density at radius 1 is 1.10 bits per heavy atom. The molecule has 5 rings (SSSR count). The number of allylic oxidation sites excluding steroid dienone is 1. The number of halogens is 2. The Bertz CT molecular complexity index is 786. The monoisotopic (exact) mass is 420 g/mol. The third-order valence-corrected chi connectivity index (χ3v) is 9.65. The van der Waals surface area contributed by atoms with Crippen LogP contribution in [0.1, 0.15) is 71.6 Å². The maximum Gasteiger partial charge on any atom is 0.269 e. The van der Waals surface area contributed by atoms with Crippen LogP contribution < -0.4 is 5.32 Å². The van der Waals surface area contributed by atoms with E-state index in [2.05, 4.69) is 24.3 Å². The van der Waals surface area contributed by atoms with Crippen LogP contribution in [0.25, 0.3) is 0 Å². The molecule has 4 saturated carbocycles. The predicted molar refractivity (Wildman–Crippen MR) is 111 cm³/mol. The Morgan fingerprint density at radius 3 is 2.67 bits per heavy atom. The molecule has 5 aliphatic rings. The van der Waals surface area contributed by atoms with Gasteiger partial charge >= 0.3 is 0 Å². The van der Waals surface area contributed by atoms with Gasteiger partial charge < -0.3 is 10.2 Å². The van der Waals surface area contributed by atoms with Crippen LogP contribution in [-0.4, -0.2) is 30.7 Å². The van der Waals surface area contributed by atoms with Gasteiger partial charge in [0.05, 0.1) is 5.71 Å². The van der Waals surface area contributed by atoms with Gasteiger partial charge in [-0.25, -0.2) is 0 Å². The SMILES string of the molecule is C[C@]12CC/C(=N\O[C@@H]3CCNC3)CC1C(=C(F)F)C[C@@H]1[C@@H]2CC[C@]2(C)C(=O)CC[C@@H]12. The number of fused-ring (bicyclic) bond motifs is 5. The molecule has 1 N–H and O–H groups in total. The Balaban J connectivity index is 1.42. The van der Waals surface area contributed by atoms with Crippen molar-refractivity contribution in [2.75, 3.05) is 13.1 Å². The van der Waals surface area contributed by atoms with Crippen molar-refractivity contribution in [2.24, 2.45) is 39.7 Å². The van der Waals surface area contributed by atoms with Crippen molar-refractivity contribution in [3.05, 3.63) is 11.7 Å². The molecule has 30 heavy (non-hydrogen) atoms. The molecular formula is C24H34F2N2O2. The molecule has 0 amide bonds. The van der Waals surface area contributed by atoms with Crippen molar-refractivity contribution in [1.29, 1.82) is 0 Å². The summed E-state index contributed by atoms with van der Waals surface area (Å²) in [4.78, 5) is 18.3. The summed E-state index contributed by atoms with van der Waals surface area (Å²) in [6, 6.07) is 0. The summed E-state index contributed by atoms with van der Waals surface area (Å²) in [6.07, 6.45) is 5.76. The van der Waals surface area contributed by atoms with Gasteiger partial charge in [0.2, 0.25) is 0 Å². The molecule has 0 bridgehead atoms. The van der Waals surface area contributed by atoms with E-state index in [1.165, 1.54) is 0 Å². The summed E-state index contributed by atoms with van der Waals surface area (Å²) in [5, 5.41) is 7.69. The van der Waals surface area contributed by atoms with Crippen LogP contribution in [0.4, 0.5) is 8.78 Å². The van der Waals surface area contributed by atoms with E-state index in [4.69, 9.17) is 4.84 Å². The maximum absolute atomic E-state index is 14.2. The smallest absolute Gasteiger partial charge is 0.269 e. The molecule has 0 aromatic rings. The summed E-state index contributed by atoms with van der Waals surface area (Å²) in [6.45, 7) is 6.11. The molecule has 5 fully saturated rings. The lowest BCUT2D eigenvalue weighted by molar-refractivity contribution is -0.134. The lowest BCUT2D eigenvalue weighted by atomic mass is 9.44. The first-order valence-electron chi connectivity index (χ1n) is 11.8. The molecule has 0 aromatic heterocycles. The van der Waals surface area contributed by atoms with E-state index in [0.717, 1.165) is 57.3 Å². The summed E-state index contributed by atoms with van der Waals surface area (Å²) < 4.78 is 28.5. The molecule has 6 heteroatoms. The molecule has 0 spiro atoms. The second-order valence-electron chi connectivity index (χ2n) is 10.9. The van der Waals surface area contributed by atoms with E-state index in [-0.39, 0.29) is 34.7 Å². The minimum atomic E-state index is -1.50. The maximum atomic E-state index is 14.2. The van der Waals surface area contributed by atoms with Crippen LogP contribution in [0, 0.1) is 34.5 Å². The van der Waals surface area contributed by atoms with Gasteiger partial charge in [-0.15, -0.1) is 0 Å². The van der Waals surface area contributed by atoms with Crippen LogP contribution in [0.3, 0.4) is 0 Å². The number of oxime groups is 1. The Kier molecular flexibility index (Phi) is 5.07. The highest BCUT2D eigenvalue weighted by Gasteiger charge is 2.61. The number of hydrogen-bond donors (Lipinski definition) is 1. The van der Waals surface area contributed by atoms with Gasteiger partial charge in [-0.2, -0.15) is 8.78 Å². The van der Waals surface area contributed by atoms with Crippen molar-refractivity contribution >= 4 is 11.5 Å². The quantitative estimate of drug-likeness (QED) is 0.633. The van der Waals surface area contributed by atoms with Gasteiger partial charge in [-0.3, -0.25) is 4.79 Å². The van der Waals surface area contributed by atoms with Gasteiger partial charge in [-0.1, -0.05) is 19.0 Å². The van der Waals surface area contributed by atoms with E-state index >= 15 is 0 Å². The standard InChI is InChI=1S/C24H34F2N2O2/c1-23-8-5-14(28-30-15-7-10-27-13-15)11-20(23)17(22(25)26)12-16-18-3-4-21(29)24(18,2)9-6-19(16)23/h15-16,18-20,27H,3-13H2,1-2H3/b28-14+/t15-,16+,18+,19+,20?,23-,24+/m1/s1. The second-order valence-corrected chi connectivity index (χ2v) is 10.9. The Hall–Kier alpha value is -1.30. The molecule has 1 heterocycles. The van der Waals surface area contributed by atoms with Gasteiger partial charge in [0.15, 0.2) is 0 Å². The summed E-state index contributed by atoms with van der Waals surface area (Å²) in [5.41, 5.74) is 0.866. The van der Waals surface area contributed by atoms with Crippen LogP contribution in [0.15, 0.2) is 16.8 Å². The fraction of sp³-hybridized carbons (Fsp3) is 0.833. The van der Waals surface area contributed by atoms with Crippen molar-refractivity contribution in [3.8, 4) is 0 Å². The molecule has 1 saturated heterocycles. The first-order valence-corrected chi connectivity index (χ1v) is 11.8. The molecule has 1 aliphatic heterocycles. The number of hydrogen-bond acceptors (Lipinski definition) is 4. The first kappa shape index (κ1) is 20.6. The molecule has 0 radical (unpaired) electrons. The first-order chi connectivity index (χ1) is 14.3. The van der Waals surface area contributed by atoms with Gasteiger partial charge in [0.25, 0.3) is 6.08 Å². The van der Waals surface area contributed by atoms with Crippen LogP contribution in [0.5, 0.6) is 0 Å². The highest BCUT2D eigenvalue weighted by molar-refractivity contribution is 5.87. The normalized spacial score (nSPS) is 47.1. The van der Waals surface area contributed by atoms with Crippen LogP contribution in [0.2, 0.25) is 0 Å². The molecular weight excluding hydrogens is 386 g/mol. The lowest BCUT2D eigenvalue weighted by Gasteiger charge is -2.59. The zero-order valence-corrected chi connectivity index (χ0v) is 18.2. The van der Waals surface area contributed by atoms with E-state index < -0.39 is 6.08 Å². The Labute approximate surface area is 177 Å². The fourth-order valence-corrected chi connectivity index (χ4v) is 7.84. The lowest BCUT2D eigenvalue weighted by Crippen LogP contribution is -2.54. The van der Waals surface area contributed by atoms with E-state index in [9.17, 15) is 13.6 Å². The van der Waals surface area contributed by atoms with E-state index in [1.807, 2.05) is 0 Å². The second kappa shape index (κ2) is 7.39. The van der Waals surface area contributed by atoms with Crippen LogP contribution >= 0.6 is 0 Å². The van der Waals surface area contributed by atoms with Gasteiger partial charge in [0, 0.05) is 24.8 Å². The zero-order chi connectivity index (χ0) is 21.1. The molecule has 1 unspecified atom stereocenters. The van der Waals surface area contributed by atoms with Gasteiger partial charge in [0.1, 0.15) is 11.9 Å². The third-order valence-electron chi connectivity index (χ3n) is 9.65. The number of carbonyl (C=O) groups excluding carboxylic acids is 1. The van der Waals surface area contributed by atoms with Gasteiger partial charge in [-0.05, 0) is 86.2 Å². The number of rotatable bonds is 2. The molecule has 166 valence electrons. The van der Waals surface area contributed by atoms with Crippen molar-refractivity contribution in [3.63, 3.8) is 0 Å². The summed E-state index contributed by atoms with van der Waals surface area (Å²) in [7, 11) is 0. The van der Waals surface area contributed by atoms with Crippen LogP contribution in [-0.2, 0) is 9.63 Å². The van der Waals surface area contributed by atoms with Crippen molar-refractivity contribution < 1.29 is 18.4 Å². The fourth-order valence-electron chi connectivity index (χ4n) is 7.84. The number of Topliss-reactive ketones (excluding diaryl/α,β-unsaturated/α-hetero) is 1. The average molecular weight is 421 g/mol. The number of ketones is 1. The van der Waals surface area contributed by atoms with Crippen molar-refractivity contribution in [1.82, 2.24) is 5.32 Å². The van der Waals surface area contributed by atoms with E-state index in [1.54, 1.807) is 0 Å².